The van der Waals surface area contributed by atoms with Gasteiger partial charge in [-0.3, -0.25) is 9.69 Å². The molecule has 0 unspecified atom stereocenters. The molecule has 1 fully saturated rings. The smallest absolute Gasteiger partial charge is 0.221 e. The van der Waals surface area contributed by atoms with E-state index < -0.39 is 0 Å². The Bertz CT molecular complexity index is 477. The summed E-state index contributed by atoms with van der Waals surface area (Å²) in [5.41, 5.74) is 2.57. The van der Waals surface area contributed by atoms with E-state index in [4.69, 9.17) is 0 Å². The number of carbonyl (C=O) groups excluding carboxylic acids is 1. The molecule has 1 aromatic carbocycles. The minimum absolute atomic E-state index is 0. The lowest BCUT2D eigenvalue weighted by Crippen LogP contribution is -2.33. The van der Waals surface area contributed by atoms with E-state index in [0.717, 1.165) is 19.0 Å². The van der Waals surface area contributed by atoms with E-state index in [1.165, 1.54) is 37.1 Å². The zero-order valence-electron chi connectivity index (χ0n) is 14.7. The first kappa shape index (κ1) is 23.2. The number of nitrogens with zero attached hydrogens (tertiary/aromatic N) is 1. The van der Waals surface area contributed by atoms with Crippen molar-refractivity contribution in [2.45, 2.75) is 39.3 Å². The maximum absolute atomic E-state index is 11.8. The van der Waals surface area contributed by atoms with Gasteiger partial charge < -0.3 is 10.6 Å². The van der Waals surface area contributed by atoms with Crippen LogP contribution in [0.4, 0.5) is 0 Å². The van der Waals surface area contributed by atoms with E-state index in [1.54, 1.807) is 0 Å². The molecule has 4 nitrogen and oxygen atoms in total. The van der Waals surface area contributed by atoms with Crippen molar-refractivity contribution in [3.63, 3.8) is 0 Å². The summed E-state index contributed by atoms with van der Waals surface area (Å²) in [5.74, 6) is 0.967. The third kappa shape index (κ3) is 7.84. The van der Waals surface area contributed by atoms with Crippen LogP contribution < -0.4 is 10.6 Å². The summed E-state index contributed by atoms with van der Waals surface area (Å²) in [5, 5.41) is 6.02. The monoisotopic (exact) mass is 375 g/mol. The zero-order valence-corrected chi connectivity index (χ0v) is 16.3. The molecule has 0 aliphatic carbocycles. The van der Waals surface area contributed by atoms with E-state index in [2.05, 4.69) is 46.7 Å². The lowest BCUT2D eigenvalue weighted by molar-refractivity contribution is -0.121. The van der Waals surface area contributed by atoms with E-state index in [-0.39, 0.29) is 30.7 Å². The quantitative estimate of drug-likeness (QED) is 0.769. The lowest BCUT2D eigenvalue weighted by atomic mass is 9.98. The number of carbonyl (C=O) groups is 1. The molecule has 1 heterocycles. The number of benzene rings is 1. The van der Waals surface area contributed by atoms with Crippen LogP contribution in [0.15, 0.2) is 24.3 Å². The second-order valence-corrected chi connectivity index (χ2v) is 6.36. The normalized spacial score (nSPS) is 15.2. The molecular formula is C18H31Cl2N3O. The highest BCUT2D eigenvalue weighted by atomic mass is 35.5. The number of hydrogen-bond donors (Lipinski definition) is 2. The Labute approximate surface area is 158 Å². The summed E-state index contributed by atoms with van der Waals surface area (Å²) in [6.45, 7) is 7.05. The van der Waals surface area contributed by atoms with Crippen LogP contribution in [-0.2, 0) is 17.9 Å². The summed E-state index contributed by atoms with van der Waals surface area (Å²) in [6, 6.07) is 8.46. The molecule has 1 saturated heterocycles. The van der Waals surface area contributed by atoms with E-state index in [0.29, 0.717) is 13.0 Å². The topological polar surface area (TPSA) is 44.4 Å². The summed E-state index contributed by atoms with van der Waals surface area (Å²) < 4.78 is 0. The predicted molar refractivity (Wildman–Crippen MR) is 105 cm³/mol. The molecule has 24 heavy (non-hydrogen) atoms. The highest BCUT2D eigenvalue weighted by Crippen LogP contribution is 2.19. The molecule has 1 aromatic rings. The van der Waals surface area contributed by atoms with Crippen molar-refractivity contribution in [2.24, 2.45) is 5.92 Å². The molecule has 0 radical (unpaired) electrons. The summed E-state index contributed by atoms with van der Waals surface area (Å²) in [7, 11) is 1.86. The minimum Gasteiger partial charge on any atom is -0.352 e. The summed E-state index contributed by atoms with van der Waals surface area (Å²) in [6.07, 6.45) is 3.12. The highest BCUT2D eigenvalue weighted by molar-refractivity contribution is 5.85. The molecule has 0 aromatic heterocycles. The molecule has 0 spiro atoms. The van der Waals surface area contributed by atoms with Gasteiger partial charge >= 0.3 is 0 Å². The Kier molecular flexibility index (Phi) is 12.1. The van der Waals surface area contributed by atoms with Gasteiger partial charge in [0.05, 0.1) is 0 Å². The maximum Gasteiger partial charge on any atom is 0.221 e. The third-order valence-corrected chi connectivity index (χ3v) is 4.47. The highest BCUT2D eigenvalue weighted by Gasteiger charge is 2.16. The molecule has 0 saturated carbocycles. The van der Waals surface area contributed by atoms with Crippen molar-refractivity contribution in [1.29, 1.82) is 0 Å². The van der Waals surface area contributed by atoms with Gasteiger partial charge in [0.1, 0.15) is 0 Å². The van der Waals surface area contributed by atoms with Gasteiger partial charge in [-0.1, -0.05) is 31.2 Å². The minimum atomic E-state index is 0. The van der Waals surface area contributed by atoms with Crippen molar-refractivity contribution < 1.29 is 4.79 Å². The second kappa shape index (κ2) is 12.5. The molecule has 0 bridgehead atoms. The Hall–Kier alpha value is -0.810. The number of nitrogens with one attached hydrogen (secondary N) is 2. The van der Waals surface area contributed by atoms with Gasteiger partial charge in [0.2, 0.25) is 5.91 Å². The Morgan fingerprint density at radius 2 is 1.79 bits per heavy atom. The van der Waals surface area contributed by atoms with Gasteiger partial charge in [-0.2, -0.15) is 0 Å². The molecule has 2 N–H and O–H groups in total. The van der Waals surface area contributed by atoms with Crippen LogP contribution in [0.3, 0.4) is 0 Å². The number of halogens is 2. The number of likely N-dealkylation sites (tertiary alicyclic amines) is 1. The van der Waals surface area contributed by atoms with Crippen molar-refractivity contribution in [2.75, 3.05) is 26.7 Å². The fourth-order valence-electron chi connectivity index (χ4n) is 2.87. The van der Waals surface area contributed by atoms with E-state index in [9.17, 15) is 4.79 Å². The Morgan fingerprint density at radius 3 is 2.42 bits per heavy atom. The summed E-state index contributed by atoms with van der Waals surface area (Å²) in [4.78, 5) is 14.3. The van der Waals surface area contributed by atoms with Crippen LogP contribution in [-0.4, -0.2) is 37.5 Å². The average Bonchev–Trinajstić information content (AvgIpc) is 2.54. The van der Waals surface area contributed by atoms with Crippen molar-refractivity contribution in [3.8, 4) is 0 Å². The fourth-order valence-corrected chi connectivity index (χ4v) is 2.87. The molecular weight excluding hydrogens is 345 g/mol. The largest absolute Gasteiger partial charge is 0.352 e. The molecule has 1 aliphatic heterocycles. The first-order valence-corrected chi connectivity index (χ1v) is 8.39. The van der Waals surface area contributed by atoms with Gasteiger partial charge in [0.25, 0.3) is 0 Å². The van der Waals surface area contributed by atoms with E-state index >= 15 is 0 Å². The molecule has 1 aliphatic rings. The van der Waals surface area contributed by atoms with Gasteiger partial charge in [0.15, 0.2) is 0 Å². The number of hydrogen-bond acceptors (Lipinski definition) is 3. The van der Waals surface area contributed by atoms with Gasteiger partial charge in [-0.25, -0.2) is 0 Å². The fraction of sp³-hybridized carbons (Fsp3) is 0.611. The number of piperidine rings is 1. The third-order valence-electron chi connectivity index (χ3n) is 4.47. The zero-order chi connectivity index (χ0) is 15.8. The Balaban J connectivity index is 0.00000264. The molecule has 6 heteroatoms. The van der Waals surface area contributed by atoms with Gasteiger partial charge in [-0.05, 0) is 50.0 Å². The van der Waals surface area contributed by atoms with Crippen LogP contribution in [0.1, 0.15) is 37.3 Å². The van der Waals surface area contributed by atoms with E-state index in [1.807, 2.05) is 7.05 Å². The first-order chi connectivity index (χ1) is 10.7. The molecule has 138 valence electrons. The van der Waals surface area contributed by atoms with Crippen molar-refractivity contribution in [1.82, 2.24) is 15.5 Å². The predicted octanol–water partition coefficient (Wildman–Crippen LogP) is 2.99. The molecule has 2 rings (SSSR count). The second-order valence-electron chi connectivity index (χ2n) is 6.36. The first-order valence-electron chi connectivity index (χ1n) is 8.39. The maximum atomic E-state index is 11.8. The van der Waals surface area contributed by atoms with Crippen LogP contribution >= 0.6 is 24.8 Å². The molecule has 1 amide bonds. The summed E-state index contributed by atoms with van der Waals surface area (Å²) >= 11 is 0. The van der Waals surface area contributed by atoms with Crippen LogP contribution in [0, 0.1) is 5.92 Å². The van der Waals surface area contributed by atoms with Gasteiger partial charge in [0, 0.05) is 26.1 Å². The van der Waals surface area contributed by atoms with Crippen LogP contribution in [0.25, 0.3) is 0 Å². The van der Waals surface area contributed by atoms with Crippen molar-refractivity contribution in [3.05, 3.63) is 35.4 Å². The SMILES string of the molecule is CNCCC(=O)NCc1ccccc1CN1CCC(C)CC1.Cl.Cl. The standard InChI is InChI=1S/C18H29N3O.2ClH/c1-15-8-11-21(12-9-15)14-17-6-4-3-5-16(17)13-20-18(22)7-10-19-2;;/h3-6,15,19H,7-14H2,1-2H3,(H,20,22);2*1H. The Morgan fingerprint density at radius 1 is 1.17 bits per heavy atom. The van der Waals surface area contributed by atoms with Crippen LogP contribution in [0.2, 0.25) is 0 Å². The molecule has 0 atom stereocenters. The lowest BCUT2D eigenvalue weighted by Gasteiger charge is -2.30. The van der Waals surface area contributed by atoms with Gasteiger partial charge in [-0.15, -0.1) is 24.8 Å². The van der Waals surface area contributed by atoms with Crippen molar-refractivity contribution >= 4 is 30.7 Å². The number of amides is 1. The average molecular weight is 376 g/mol. The van der Waals surface area contributed by atoms with Crippen LogP contribution in [0.5, 0.6) is 0 Å². The number of rotatable bonds is 7.